The molecule has 1 saturated heterocycles. The van der Waals surface area contributed by atoms with E-state index in [-0.39, 0.29) is 16.7 Å². The van der Waals surface area contributed by atoms with Crippen molar-refractivity contribution in [1.29, 1.82) is 0 Å². The third kappa shape index (κ3) is 1.57. The Kier molecular flexibility index (Phi) is 2.55. The average Bonchev–Trinajstić information content (AvgIpc) is 2.37. The number of hydrogen-bond donors (Lipinski definition) is 2. The van der Waals surface area contributed by atoms with Crippen molar-refractivity contribution in [1.82, 2.24) is 5.32 Å². The Labute approximate surface area is 115 Å². The topological polar surface area (TPSA) is 55.1 Å². The zero-order chi connectivity index (χ0) is 13.1. The molecule has 0 aromatic heterocycles. The average molecular weight is 262 g/mol. The Bertz CT molecular complexity index is 362. The van der Waals surface area contributed by atoms with E-state index in [1.165, 1.54) is 38.5 Å². The molecule has 4 bridgehead atoms. The van der Waals surface area contributed by atoms with Crippen molar-refractivity contribution in [2.45, 2.75) is 51.4 Å². The van der Waals surface area contributed by atoms with Crippen molar-refractivity contribution in [2.24, 2.45) is 34.3 Å². The number of hydrogen-bond acceptors (Lipinski definition) is 2. The summed E-state index contributed by atoms with van der Waals surface area (Å²) in [4.78, 5) is 12.4. The standard InChI is InChI=1S/C16H26N2O/c17-14(19)16(1-3-18-4-2-16)15-8-11-5-12(9-15)7-13(6-11)10-15/h11-13,18H,1-10H2,(H2,17,19). The number of rotatable bonds is 2. The van der Waals surface area contributed by atoms with E-state index in [0.717, 1.165) is 43.7 Å². The lowest BCUT2D eigenvalue weighted by Gasteiger charge is -2.63. The predicted octanol–water partition coefficient (Wildman–Crippen LogP) is 2.06. The number of nitrogens with two attached hydrogens (primary N) is 1. The first-order valence-corrected chi connectivity index (χ1v) is 8.14. The van der Waals surface area contributed by atoms with E-state index in [1.807, 2.05) is 0 Å². The number of piperidine rings is 1. The zero-order valence-corrected chi connectivity index (χ0v) is 11.8. The monoisotopic (exact) mass is 262 g/mol. The number of primary amides is 1. The quantitative estimate of drug-likeness (QED) is 0.800. The van der Waals surface area contributed by atoms with Crippen LogP contribution in [0.5, 0.6) is 0 Å². The lowest BCUT2D eigenvalue weighted by atomic mass is 9.41. The summed E-state index contributed by atoms with van der Waals surface area (Å²) in [5.74, 6) is 2.71. The second kappa shape index (κ2) is 3.97. The van der Waals surface area contributed by atoms with Gasteiger partial charge in [0, 0.05) is 0 Å². The predicted molar refractivity (Wildman–Crippen MR) is 74.3 cm³/mol. The van der Waals surface area contributed by atoms with E-state index >= 15 is 0 Å². The highest BCUT2D eigenvalue weighted by Crippen LogP contribution is 2.67. The highest BCUT2D eigenvalue weighted by molar-refractivity contribution is 5.82. The molecule has 5 aliphatic rings. The van der Waals surface area contributed by atoms with Gasteiger partial charge in [-0.1, -0.05) is 0 Å². The summed E-state index contributed by atoms with van der Waals surface area (Å²) in [6.07, 6.45) is 10.2. The fourth-order valence-electron chi connectivity index (χ4n) is 6.59. The van der Waals surface area contributed by atoms with Gasteiger partial charge in [0.2, 0.25) is 5.91 Å². The van der Waals surface area contributed by atoms with Gasteiger partial charge < -0.3 is 11.1 Å². The maximum atomic E-state index is 12.4. The molecule has 0 unspecified atom stereocenters. The maximum absolute atomic E-state index is 12.4. The Hall–Kier alpha value is -0.570. The summed E-state index contributed by atoms with van der Waals surface area (Å²) in [5.41, 5.74) is 6.04. The van der Waals surface area contributed by atoms with Crippen LogP contribution in [-0.4, -0.2) is 19.0 Å². The molecule has 1 heterocycles. The molecular formula is C16H26N2O. The van der Waals surface area contributed by atoms with Crippen molar-refractivity contribution >= 4 is 5.91 Å². The molecule has 4 saturated carbocycles. The van der Waals surface area contributed by atoms with Crippen LogP contribution in [0.2, 0.25) is 0 Å². The number of amides is 1. The SMILES string of the molecule is NC(=O)C1(C23CC4CC(CC(C4)C2)C3)CCNCC1. The molecule has 0 spiro atoms. The van der Waals surface area contributed by atoms with Gasteiger partial charge in [-0.25, -0.2) is 0 Å². The molecular weight excluding hydrogens is 236 g/mol. The second-order valence-corrected chi connectivity index (χ2v) is 7.89. The minimum atomic E-state index is -0.186. The van der Waals surface area contributed by atoms with E-state index in [4.69, 9.17) is 5.73 Å². The van der Waals surface area contributed by atoms with Crippen molar-refractivity contribution in [3.8, 4) is 0 Å². The molecule has 3 N–H and O–H groups in total. The summed E-state index contributed by atoms with van der Waals surface area (Å²) in [6.45, 7) is 1.95. The smallest absolute Gasteiger partial charge is 0.224 e. The van der Waals surface area contributed by atoms with Gasteiger partial charge in [0.25, 0.3) is 0 Å². The Morgan fingerprint density at radius 2 is 1.42 bits per heavy atom. The Morgan fingerprint density at radius 1 is 0.947 bits per heavy atom. The molecule has 3 heteroatoms. The maximum Gasteiger partial charge on any atom is 0.224 e. The second-order valence-electron chi connectivity index (χ2n) is 7.89. The number of nitrogens with one attached hydrogen (secondary N) is 1. The van der Waals surface area contributed by atoms with Gasteiger partial charge >= 0.3 is 0 Å². The molecule has 5 rings (SSSR count). The van der Waals surface area contributed by atoms with Crippen molar-refractivity contribution < 1.29 is 4.79 Å². The van der Waals surface area contributed by atoms with Crippen LogP contribution in [-0.2, 0) is 4.79 Å². The van der Waals surface area contributed by atoms with Crippen LogP contribution < -0.4 is 11.1 Å². The number of carbonyl (C=O) groups is 1. The van der Waals surface area contributed by atoms with Crippen LogP contribution in [0.3, 0.4) is 0 Å². The van der Waals surface area contributed by atoms with Crippen LogP contribution in [0.15, 0.2) is 0 Å². The highest BCUT2D eigenvalue weighted by Gasteiger charge is 2.62. The van der Waals surface area contributed by atoms with Gasteiger partial charge in [-0.15, -0.1) is 0 Å². The zero-order valence-electron chi connectivity index (χ0n) is 11.8. The molecule has 19 heavy (non-hydrogen) atoms. The van der Waals surface area contributed by atoms with Crippen molar-refractivity contribution in [2.75, 3.05) is 13.1 Å². The lowest BCUT2D eigenvalue weighted by molar-refractivity contribution is -0.165. The van der Waals surface area contributed by atoms with Crippen molar-refractivity contribution in [3.63, 3.8) is 0 Å². The van der Waals surface area contributed by atoms with Crippen LogP contribution in [0.1, 0.15) is 51.4 Å². The lowest BCUT2D eigenvalue weighted by Crippen LogP contribution is -2.61. The molecule has 0 aromatic rings. The first kappa shape index (κ1) is 12.2. The largest absolute Gasteiger partial charge is 0.369 e. The van der Waals surface area contributed by atoms with E-state index in [0.29, 0.717) is 0 Å². The summed E-state index contributed by atoms with van der Waals surface area (Å²) >= 11 is 0. The van der Waals surface area contributed by atoms with Crippen LogP contribution >= 0.6 is 0 Å². The van der Waals surface area contributed by atoms with Gasteiger partial charge in [-0.3, -0.25) is 4.79 Å². The third-order valence-electron chi connectivity index (χ3n) is 6.98. The molecule has 0 radical (unpaired) electrons. The first-order chi connectivity index (χ1) is 9.14. The van der Waals surface area contributed by atoms with E-state index in [2.05, 4.69) is 5.32 Å². The molecule has 1 aliphatic heterocycles. The molecule has 106 valence electrons. The molecule has 1 amide bonds. The normalized spacial score (nSPS) is 47.3. The van der Waals surface area contributed by atoms with E-state index < -0.39 is 0 Å². The number of carbonyl (C=O) groups excluding carboxylic acids is 1. The van der Waals surface area contributed by atoms with Crippen LogP contribution in [0.4, 0.5) is 0 Å². The van der Waals surface area contributed by atoms with Crippen LogP contribution in [0.25, 0.3) is 0 Å². The molecule has 0 aromatic carbocycles. The van der Waals surface area contributed by atoms with Gasteiger partial charge in [-0.2, -0.15) is 0 Å². The van der Waals surface area contributed by atoms with Crippen molar-refractivity contribution in [3.05, 3.63) is 0 Å². The van der Waals surface area contributed by atoms with Gasteiger partial charge in [0.05, 0.1) is 5.41 Å². The molecule has 3 nitrogen and oxygen atoms in total. The van der Waals surface area contributed by atoms with E-state index in [9.17, 15) is 4.79 Å². The molecule has 5 fully saturated rings. The van der Waals surface area contributed by atoms with E-state index in [1.54, 1.807) is 0 Å². The van der Waals surface area contributed by atoms with Gasteiger partial charge in [-0.05, 0) is 87.6 Å². The minimum absolute atomic E-state index is 0.0101. The van der Waals surface area contributed by atoms with Crippen LogP contribution in [0, 0.1) is 28.6 Å². The molecule has 0 atom stereocenters. The Morgan fingerprint density at radius 3 is 1.84 bits per heavy atom. The fraction of sp³-hybridized carbons (Fsp3) is 0.938. The Balaban J connectivity index is 1.74. The summed E-state index contributed by atoms with van der Waals surface area (Å²) < 4.78 is 0. The fourth-order valence-corrected chi connectivity index (χ4v) is 6.59. The molecule has 4 aliphatic carbocycles. The highest BCUT2D eigenvalue weighted by atomic mass is 16.1. The van der Waals surface area contributed by atoms with Gasteiger partial charge in [0.1, 0.15) is 0 Å². The summed E-state index contributed by atoms with van der Waals surface area (Å²) in [5, 5.41) is 3.42. The summed E-state index contributed by atoms with van der Waals surface area (Å²) in [6, 6.07) is 0. The summed E-state index contributed by atoms with van der Waals surface area (Å²) in [7, 11) is 0. The van der Waals surface area contributed by atoms with Gasteiger partial charge in [0.15, 0.2) is 0 Å². The minimum Gasteiger partial charge on any atom is -0.369 e. The third-order valence-corrected chi connectivity index (χ3v) is 6.98. The first-order valence-electron chi connectivity index (χ1n) is 8.14.